The molecule has 516 valence electrons. The molecule has 0 aromatic heterocycles. The van der Waals surface area contributed by atoms with E-state index in [1.807, 2.05) is 0 Å². The minimum absolute atomic E-state index is 0.666. The lowest BCUT2D eigenvalue weighted by atomic mass is 9.93. The third kappa shape index (κ3) is 37.7. The topological polar surface area (TPSA) is 55.4 Å². The van der Waals surface area contributed by atoms with Gasteiger partial charge in [0.25, 0.3) is 0 Å². The summed E-state index contributed by atoms with van der Waals surface area (Å²) < 4.78 is 41.6. The molecule has 0 heterocycles. The first kappa shape index (κ1) is 81.8. The Morgan fingerprint density at radius 2 is 0.244 bits per heavy atom. The molecule has 4 aromatic carbocycles. The first-order valence-electron chi connectivity index (χ1n) is 37.3. The molecule has 90 heavy (non-hydrogen) atoms. The zero-order chi connectivity index (χ0) is 63.8. The number of benzene rings is 4. The van der Waals surface area contributed by atoms with E-state index >= 15 is 0 Å². The molecule has 0 unspecified atom stereocenters. The SMILES string of the molecule is BrCCCCCCCCCCOc1cc2c3cc(OCCCCCCCCCCBr)c(OCCCCCCCCCCBr)cc3c3cc(OCCCCCCCCCCBr)c(OCCCCCCCCCCBr)cc3c2cc1OCCCCCCCCCCBr. The lowest BCUT2D eigenvalue weighted by Crippen LogP contribution is -2.05. The molecular formula is C78H126Br6O6. The molecule has 0 fully saturated rings. The van der Waals surface area contributed by atoms with Crippen LogP contribution in [0.3, 0.4) is 0 Å². The zero-order valence-electron chi connectivity index (χ0n) is 56.6. The second-order valence-corrected chi connectivity index (χ2v) is 30.5. The van der Waals surface area contributed by atoms with E-state index in [9.17, 15) is 0 Å². The molecule has 4 rings (SSSR count). The molecule has 0 bridgehead atoms. The van der Waals surface area contributed by atoms with E-state index in [-0.39, 0.29) is 0 Å². The van der Waals surface area contributed by atoms with Crippen molar-refractivity contribution in [3.8, 4) is 34.5 Å². The van der Waals surface area contributed by atoms with Crippen LogP contribution in [-0.4, -0.2) is 71.6 Å². The van der Waals surface area contributed by atoms with Crippen LogP contribution >= 0.6 is 95.6 Å². The van der Waals surface area contributed by atoms with Crippen LogP contribution < -0.4 is 28.4 Å². The monoisotopic (exact) mass is 1630 g/mol. The average Bonchev–Trinajstić information content (AvgIpc) is 0.735. The van der Waals surface area contributed by atoms with Crippen molar-refractivity contribution in [2.24, 2.45) is 0 Å². The highest BCUT2D eigenvalue weighted by Gasteiger charge is 2.21. The zero-order valence-corrected chi connectivity index (χ0v) is 66.1. The van der Waals surface area contributed by atoms with Gasteiger partial charge in [0.15, 0.2) is 34.5 Å². The third-order valence-corrected chi connectivity index (χ3v) is 21.2. The fourth-order valence-electron chi connectivity index (χ4n) is 12.3. The molecular weight excluding hydrogens is 1510 g/mol. The lowest BCUT2D eigenvalue weighted by molar-refractivity contribution is 0.258. The number of alkyl halides is 6. The Hall–Kier alpha value is -0.660. The van der Waals surface area contributed by atoms with Crippen LogP contribution in [0.1, 0.15) is 308 Å². The maximum atomic E-state index is 6.94. The fraction of sp³-hybridized carbons (Fsp3) is 0.769. The van der Waals surface area contributed by atoms with Crippen molar-refractivity contribution < 1.29 is 28.4 Å². The van der Waals surface area contributed by atoms with E-state index in [4.69, 9.17) is 28.4 Å². The van der Waals surface area contributed by atoms with Crippen LogP contribution in [0.4, 0.5) is 0 Å². The molecule has 0 radical (unpaired) electrons. The third-order valence-electron chi connectivity index (χ3n) is 17.8. The predicted octanol–water partition coefficient (Wildman–Crippen LogP) is 28.5. The van der Waals surface area contributed by atoms with Crippen molar-refractivity contribution in [3.05, 3.63) is 36.4 Å². The van der Waals surface area contributed by atoms with Crippen LogP contribution in [0.15, 0.2) is 36.4 Å². The maximum Gasteiger partial charge on any atom is 0.161 e. The number of hydrogen-bond donors (Lipinski definition) is 0. The summed E-state index contributed by atoms with van der Waals surface area (Å²) in [4.78, 5) is 0. The standard InChI is InChI=1S/C78H126Br6O6/c79-49-37-25-13-1-7-19-31-43-55-85-73-61-67-68(62-74(73)86-56-44-32-20-8-2-14-26-38-50-80)70-64-76(88-58-46-34-22-10-4-16-28-40-52-82)78(90-60-48-36-24-12-6-18-30-42-54-84)66-72(70)71-65-77(89-59-47-35-23-11-5-17-29-41-53-83)75(63-69(67)71)87-57-45-33-21-9-3-15-27-39-51-81/h61-66H,1-60H2. The summed E-state index contributed by atoms with van der Waals surface area (Å²) in [5.41, 5.74) is 0. The summed E-state index contributed by atoms with van der Waals surface area (Å²) in [5, 5.41) is 13.5. The first-order valence-corrected chi connectivity index (χ1v) is 44.0. The van der Waals surface area contributed by atoms with Crippen LogP contribution in [0.2, 0.25) is 0 Å². The van der Waals surface area contributed by atoms with Crippen LogP contribution in [-0.2, 0) is 0 Å². The Morgan fingerprint density at radius 1 is 0.144 bits per heavy atom. The van der Waals surface area contributed by atoms with E-state index in [2.05, 4.69) is 132 Å². The van der Waals surface area contributed by atoms with E-state index < -0.39 is 0 Å². The van der Waals surface area contributed by atoms with Gasteiger partial charge in [-0.2, -0.15) is 0 Å². The normalized spacial score (nSPS) is 11.7. The van der Waals surface area contributed by atoms with Gasteiger partial charge in [-0.1, -0.05) is 327 Å². The summed E-state index contributed by atoms with van der Waals surface area (Å²) in [6, 6.07) is 13.8. The van der Waals surface area contributed by atoms with Gasteiger partial charge in [0.2, 0.25) is 0 Å². The van der Waals surface area contributed by atoms with Crippen LogP contribution in [0.5, 0.6) is 34.5 Å². The lowest BCUT2D eigenvalue weighted by Gasteiger charge is -2.21. The first-order chi connectivity index (χ1) is 44.6. The second-order valence-electron chi connectivity index (χ2n) is 25.7. The summed E-state index contributed by atoms with van der Waals surface area (Å²) in [6.07, 6.45) is 59.9. The van der Waals surface area contributed by atoms with Crippen molar-refractivity contribution in [1.82, 2.24) is 0 Å². The van der Waals surface area contributed by atoms with Crippen molar-refractivity contribution in [1.29, 1.82) is 0 Å². The smallest absolute Gasteiger partial charge is 0.161 e. The molecule has 0 aliphatic carbocycles. The van der Waals surface area contributed by atoms with Gasteiger partial charge in [-0.15, -0.1) is 0 Å². The minimum Gasteiger partial charge on any atom is -0.490 e. The van der Waals surface area contributed by atoms with Gasteiger partial charge in [-0.3, -0.25) is 0 Å². The van der Waals surface area contributed by atoms with Crippen molar-refractivity contribution in [2.45, 2.75) is 308 Å². The van der Waals surface area contributed by atoms with E-state index in [0.717, 1.165) is 137 Å². The van der Waals surface area contributed by atoms with Gasteiger partial charge in [0, 0.05) is 32.0 Å². The fourth-order valence-corrected chi connectivity index (χ4v) is 14.7. The van der Waals surface area contributed by atoms with Crippen LogP contribution in [0.25, 0.3) is 32.3 Å². The minimum atomic E-state index is 0.666. The van der Waals surface area contributed by atoms with Crippen LogP contribution in [0, 0.1) is 0 Å². The Balaban J connectivity index is 1.80. The maximum absolute atomic E-state index is 6.94. The van der Waals surface area contributed by atoms with Gasteiger partial charge in [-0.05, 0) is 146 Å². The number of rotatable bonds is 66. The number of unbranched alkanes of at least 4 members (excludes halogenated alkanes) is 42. The van der Waals surface area contributed by atoms with E-state index in [0.29, 0.717) is 39.6 Å². The molecule has 0 saturated carbocycles. The molecule has 12 heteroatoms. The van der Waals surface area contributed by atoms with Gasteiger partial charge < -0.3 is 28.4 Å². The molecule has 4 aromatic rings. The van der Waals surface area contributed by atoms with Gasteiger partial charge in [0.05, 0.1) is 39.6 Å². The largest absolute Gasteiger partial charge is 0.490 e. The number of halogens is 6. The predicted molar refractivity (Wildman–Crippen MR) is 416 cm³/mol. The highest BCUT2D eigenvalue weighted by atomic mass is 79.9. The number of fused-ring (bicyclic) bond motifs is 6. The Morgan fingerprint density at radius 3 is 0.356 bits per heavy atom. The van der Waals surface area contributed by atoms with Gasteiger partial charge >= 0.3 is 0 Å². The molecule has 0 spiro atoms. The second kappa shape index (κ2) is 58.5. The molecule has 0 amide bonds. The van der Waals surface area contributed by atoms with E-state index in [1.54, 1.807) is 0 Å². The number of hydrogen-bond acceptors (Lipinski definition) is 6. The molecule has 0 N–H and O–H groups in total. The van der Waals surface area contributed by atoms with Crippen molar-refractivity contribution in [2.75, 3.05) is 71.6 Å². The summed E-state index contributed by atoms with van der Waals surface area (Å²) >= 11 is 21.6. The van der Waals surface area contributed by atoms with E-state index in [1.165, 1.54) is 270 Å². The Kier molecular flexibility index (Phi) is 53.1. The van der Waals surface area contributed by atoms with Gasteiger partial charge in [0.1, 0.15) is 0 Å². The number of ether oxygens (including phenoxy) is 6. The Labute approximate surface area is 601 Å². The highest BCUT2D eigenvalue weighted by molar-refractivity contribution is 9.10. The highest BCUT2D eigenvalue weighted by Crippen LogP contribution is 2.47. The molecule has 0 saturated heterocycles. The summed E-state index contributed by atoms with van der Waals surface area (Å²) in [5.74, 6) is 5.01. The van der Waals surface area contributed by atoms with Crippen molar-refractivity contribution >= 4 is 128 Å². The average molecular weight is 1640 g/mol. The summed E-state index contributed by atoms with van der Waals surface area (Å²) in [6.45, 7) is 4.00. The molecule has 0 aliphatic heterocycles. The van der Waals surface area contributed by atoms with Gasteiger partial charge in [-0.25, -0.2) is 0 Å². The van der Waals surface area contributed by atoms with Crippen molar-refractivity contribution in [3.63, 3.8) is 0 Å². The Bertz CT molecular complexity index is 1880. The molecule has 0 atom stereocenters. The summed E-state index contributed by atoms with van der Waals surface area (Å²) in [7, 11) is 0. The quantitative estimate of drug-likeness (QED) is 0.0249. The molecule has 0 aliphatic rings. The molecule has 6 nitrogen and oxygen atoms in total.